The van der Waals surface area contributed by atoms with Gasteiger partial charge in [-0.05, 0) is 82.6 Å². The van der Waals surface area contributed by atoms with Gasteiger partial charge in [-0.1, -0.05) is 25.1 Å². The molecule has 1 aromatic heterocycles. The summed E-state index contributed by atoms with van der Waals surface area (Å²) in [7, 11) is 1.30. The number of rotatable bonds is 11. The van der Waals surface area contributed by atoms with Crippen molar-refractivity contribution in [1.29, 1.82) is 0 Å². The highest BCUT2D eigenvalue weighted by atomic mass is 16.6. The van der Waals surface area contributed by atoms with Crippen LogP contribution in [-0.4, -0.2) is 60.7 Å². The minimum Gasteiger partial charge on any atom is -0.494 e. The molecule has 1 aliphatic rings. The van der Waals surface area contributed by atoms with Crippen molar-refractivity contribution < 1.29 is 28.3 Å². The molecule has 0 bridgehead atoms. The van der Waals surface area contributed by atoms with Crippen LogP contribution in [0.3, 0.4) is 0 Å². The maximum absolute atomic E-state index is 12.3. The van der Waals surface area contributed by atoms with Crippen LogP contribution < -0.4 is 15.0 Å². The normalized spacial score (nSPS) is 15.2. The third-order valence-corrected chi connectivity index (χ3v) is 6.77. The molecule has 0 spiro atoms. The number of alkyl carbamates (subject to hydrolysis) is 1. The molecule has 0 radical (unpaired) electrons. The van der Waals surface area contributed by atoms with Crippen molar-refractivity contribution in [3.05, 3.63) is 35.2 Å². The smallest absolute Gasteiger partial charge is 0.408 e. The van der Waals surface area contributed by atoms with Crippen LogP contribution in [0.25, 0.3) is 0 Å². The van der Waals surface area contributed by atoms with Crippen LogP contribution in [0.15, 0.2) is 22.7 Å². The molecule has 1 unspecified atom stereocenters. The summed E-state index contributed by atoms with van der Waals surface area (Å²) in [5.41, 5.74) is 1.23. The van der Waals surface area contributed by atoms with Crippen LogP contribution in [0.2, 0.25) is 0 Å². The fraction of sp³-hybridized carbons (Fsp3) is 0.655. The standard InChI is InChI=1S/C29H44N4O6/c1-19(2)25-31-27(39-32-25)33-14-12-21(13-15-33)9-8-16-37-23-11-10-22(20(3)17-23)18-24(26(34)36-7)30-28(35)38-29(4,5)6/h10-11,17,19,21,24H,8-9,12-16,18H2,1-7H3,(H,30,35). The van der Waals surface area contributed by atoms with Crippen LogP contribution in [-0.2, 0) is 20.7 Å². The van der Waals surface area contributed by atoms with E-state index in [0.29, 0.717) is 25.0 Å². The van der Waals surface area contributed by atoms with Crippen molar-refractivity contribution >= 4 is 18.1 Å². The molecule has 10 heteroatoms. The zero-order valence-corrected chi connectivity index (χ0v) is 24.4. The van der Waals surface area contributed by atoms with Crippen LogP contribution in [0.1, 0.15) is 83.2 Å². The number of hydrogen-bond acceptors (Lipinski definition) is 9. The molecule has 2 aromatic rings. The lowest BCUT2D eigenvalue weighted by molar-refractivity contribution is -0.143. The van der Waals surface area contributed by atoms with Gasteiger partial charge in [-0.2, -0.15) is 4.98 Å². The average Bonchev–Trinajstić information content (AvgIpc) is 3.37. The number of nitrogens with one attached hydrogen (secondary N) is 1. The molecule has 2 heterocycles. The van der Waals surface area contributed by atoms with E-state index in [2.05, 4.69) is 34.2 Å². The summed E-state index contributed by atoms with van der Waals surface area (Å²) in [4.78, 5) is 31.2. The van der Waals surface area contributed by atoms with E-state index in [1.165, 1.54) is 7.11 Å². The quantitative estimate of drug-likeness (QED) is 0.301. The Kier molecular flexibility index (Phi) is 10.6. The summed E-state index contributed by atoms with van der Waals surface area (Å²) < 4.78 is 21.6. The van der Waals surface area contributed by atoms with Gasteiger partial charge in [0.05, 0.1) is 13.7 Å². The first-order valence-corrected chi connectivity index (χ1v) is 13.8. The summed E-state index contributed by atoms with van der Waals surface area (Å²) in [6.45, 7) is 13.9. The second kappa shape index (κ2) is 13.7. The zero-order chi connectivity index (χ0) is 28.6. The first-order chi connectivity index (χ1) is 18.4. The lowest BCUT2D eigenvalue weighted by Crippen LogP contribution is -2.45. The Hall–Kier alpha value is -3.30. The van der Waals surface area contributed by atoms with Gasteiger partial charge in [0.25, 0.3) is 0 Å². The number of ether oxygens (including phenoxy) is 3. The van der Waals surface area contributed by atoms with E-state index in [-0.39, 0.29) is 5.92 Å². The van der Waals surface area contributed by atoms with Gasteiger partial charge in [-0.25, -0.2) is 9.59 Å². The van der Waals surface area contributed by atoms with Crippen LogP contribution in [0.5, 0.6) is 5.75 Å². The van der Waals surface area contributed by atoms with Gasteiger partial charge in [0.1, 0.15) is 17.4 Å². The Balaban J connectivity index is 1.42. The molecule has 216 valence electrons. The number of aryl methyl sites for hydroxylation is 1. The Morgan fingerprint density at radius 1 is 1.21 bits per heavy atom. The summed E-state index contributed by atoms with van der Waals surface area (Å²) in [5, 5.41) is 6.70. The minimum absolute atomic E-state index is 0.262. The first-order valence-electron chi connectivity index (χ1n) is 13.8. The Morgan fingerprint density at radius 2 is 1.92 bits per heavy atom. The van der Waals surface area contributed by atoms with Gasteiger partial charge in [0, 0.05) is 25.4 Å². The summed E-state index contributed by atoms with van der Waals surface area (Å²) in [6.07, 6.45) is 3.93. The van der Waals surface area contributed by atoms with E-state index in [1.807, 2.05) is 25.1 Å². The Bertz CT molecular complexity index is 1090. The predicted molar refractivity (Wildman–Crippen MR) is 148 cm³/mol. The van der Waals surface area contributed by atoms with E-state index in [9.17, 15) is 9.59 Å². The van der Waals surface area contributed by atoms with Crippen molar-refractivity contribution in [3.8, 4) is 5.75 Å². The molecular weight excluding hydrogens is 500 g/mol. The van der Waals surface area contributed by atoms with E-state index in [0.717, 1.165) is 61.5 Å². The predicted octanol–water partition coefficient (Wildman–Crippen LogP) is 5.19. The summed E-state index contributed by atoms with van der Waals surface area (Å²) >= 11 is 0. The van der Waals surface area contributed by atoms with Gasteiger partial charge in [0.2, 0.25) is 0 Å². The monoisotopic (exact) mass is 544 g/mol. The molecule has 1 aromatic carbocycles. The van der Waals surface area contributed by atoms with Crippen molar-refractivity contribution in [2.75, 3.05) is 31.7 Å². The SMILES string of the molecule is COC(=O)C(Cc1ccc(OCCCC2CCN(c3nc(C(C)C)no3)CC2)cc1C)NC(=O)OC(C)(C)C. The number of nitrogens with zero attached hydrogens (tertiary/aromatic N) is 3. The number of hydrogen-bond donors (Lipinski definition) is 1. The molecular formula is C29H44N4O6. The molecule has 10 nitrogen and oxygen atoms in total. The fourth-order valence-electron chi connectivity index (χ4n) is 4.56. The lowest BCUT2D eigenvalue weighted by Gasteiger charge is -2.30. The van der Waals surface area contributed by atoms with E-state index in [4.69, 9.17) is 18.7 Å². The van der Waals surface area contributed by atoms with Crippen LogP contribution >= 0.6 is 0 Å². The third kappa shape index (κ3) is 9.44. The number of carbonyl (C=O) groups is 2. The molecule has 1 amide bonds. The van der Waals surface area contributed by atoms with Gasteiger partial charge < -0.3 is 29.0 Å². The highest BCUT2D eigenvalue weighted by Gasteiger charge is 2.26. The largest absolute Gasteiger partial charge is 0.494 e. The minimum atomic E-state index is -0.848. The van der Waals surface area contributed by atoms with E-state index in [1.54, 1.807) is 20.8 Å². The fourth-order valence-corrected chi connectivity index (χ4v) is 4.56. The molecule has 3 rings (SSSR count). The van der Waals surface area contributed by atoms with Crippen molar-refractivity contribution in [3.63, 3.8) is 0 Å². The number of piperidine rings is 1. The number of carbonyl (C=O) groups excluding carboxylic acids is 2. The molecule has 1 N–H and O–H groups in total. The Morgan fingerprint density at radius 3 is 2.51 bits per heavy atom. The number of amides is 1. The third-order valence-electron chi connectivity index (χ3n) is 6.77. The highest BCUT2D eigenvalue weighted by Crippen LogP contribution is 2.26. The summed E-state index contributed by atoms with van der Waals surface area (Å²) in [6, 6.07) is 5.58. The van der Waals surface area contributed by atoms with E-state index < -0.39 is 23.7 Å². The second-order valence-electron chi connectivity index (χ2n) is 11.5. The number of aromatic nitrogens is 2. The molecule has 1 aliphatic heterocycles. The number of benzene rings is 1. The molecule has 1 atom stereocenters. The highest BCUT2D eigenvalue weighted by molar-refractivity contribution is 5.81. The lowest BCUT2D eigenvalue weighted by atomic mass is 9.92. The van der Waals surface area contributed by atoms with Crippen molar-refractivity contribution in [1.82, 2.24) is 15.5 Å². The molecule has 0 saturated carbocycles. The Labute approximate surface area is 231 Å². The zero-order valence-electron chi connectivity index (χ0n) is 24.4. The van der Waals surface area contributed by atoms with Gasteiger partial charge in [0.15, 0.2) is 5.82 Å². The molecule has 1 saturated heterocycles. The number of esters is 1. The maximum Gasteiger partial charge on any atom is 0.408 e. The average molecular weight is 545 g/mol. The number of methoxy groups -OCH3 is 1. The van der Waals surface area contributed by atoms with Gasteiger partial charge >= 0.3 is 18.1 Å². The van der Waals surface area contributed by atoms with Crippen LogP contribution in [0, 0.1) is 12.8 Å². The molecule has 0 aliphatic carbocycles. The van der Waals surface area contributed by atoms with Gasteiger partial charge in [-0.15, -0.1) is 0 Å². The molecule has 1 fully saturated rings. The first kappa shape index (κ1) is 30.2. The topological polar surface area (TPSA) is 116 Å². The van der Waals surface area contributed by atoms with Crippen molar-refractivity contribution in [2.45, 2.75) is 91.2 Å². The maximum atomic E-state index is 12.3. The summed E-state index contributed by atoms with van der Waals surface area (Å²) in [5.74, 6) is 1.95. The van der Waals surface area contributed by atoms with Crippen molar-refractivity contribution in [2.24, 2.45) is 5.92 Å². The van der Waals surface area contributed by atoms with E-state index >= 15 is 0 Å². The van der Waals surface area contributed by atoms with Gasteiger partial charge in [-0.3, -0.25) is 0 Å². The second-order valence-corrected chi connectivity index (χ2v) is 11.5. The number of anilines is 1. The van der Waals surface area contributed by atoms with Crippen LogP contribution in [0.4, 0.5) is 10.8 Å². The molecule has 39 heavy (non-hydrogen) atoms.